The van der Waals surface area contributed by atoms with Gasteiger partial charge in [0.25, 0.3) is 11.8 Å². The largest absolute Gasteiger partial charge is 0.336 e. The molecule has 4 nitrogen and oxygen atoms in total. The predicted molar refractivity (Wildman–Crippen MR) is 127 cm³/mol. The molecule has 0 bridgehead atoms. The summed E-state index contributed by atoms with van der Waals surface area (Å²) in [6, 6.07) is 19.9. The molecule has 0 aromatic heterocycles. The van der Waals surface area contributed by atoms with E-state index in [1.807, 2.05) is 55.1 Å². The van der Waals surface area contributed by atoms with E-state index >= 15 is 0 Å². The van der Waals surface area contributed by atoms with Crippen LogP contribution >= 0.6 is 0 Å². The standard InChI is InChI=1S/C28H25FN2O2/c1-18-9-14-23(19(2)16-18)25-26(30-15-5-7-21-6-3-4-8-24(21)30)28(33)31(27(25)32)17-20-10-12-22(29)13-11-20/h3-4,6,8-14,16H,5,7,15,17H2,1-2H3. The molecule has 2 heterocycles. The molecule has 0 unspecified atom stereocenters. The maximum atomic E-state index is 13.8. The normalized spacial score (nSPS) is 16.0. The summed E-state index contributed by atoms with van der Waals surface area (Å²) >= 11 is 0. The average molecular weight is 441 g/mol. The third-order valence-electron chi connectivity index (χ3n) is 6.43. The molecule has 2 aliphatic heterocycles. The van der Waals surface area contributed by atoms with Gasteiger partial charge in [-0.15, -0.1) is 0 Å². The molecule has 2 aliphatic rings. The maximum absolute atomic E-state index is 13.8. The number of para-hydroxylation sites is 1. The zero-order chi connectivity index (χ0) is 23.1. The van der Waals surface area contributed by atoms with Gasteiger partial charge in [-0.1, -0.05) is 54.1 Å². The van der Waals surface area contributed by atoms with E-state index in [9.17, 15) is 14.0 Å². The second-order valence-corrected chi connectivity index (χ2v) is 8.75. The monoisotopic (exact) mass is 440 g/mol. The van der Waals surface area contributed by atoms with Gasteiger partial charge in [0.15, 0.2) is 0 Å². The molecule has 0 spiro atoms. The number of aryl methyl sites for hydroxylation is 3. The van der Waals surface area contributed by atoms with Crippen LogP contribution in [0.3, 0.4) is 0 Å². The van der Waals surface area contributed by atoms with Gasteiger partial charge in [-0.25, -0.2) is 4.39 Å². The summed E-state index contributed by atoms with van der Waals surface area (Å²) in [6.07, 6.45) is 1.85. The first-order valence-electron chi connectivity index (χ1n) is 11.2. The van der Waals surface area contributed by atoms with E-state index < -0.39 is 0 Å². The lowest BCUT2D eigenvalue weighted by atomic mass is 9.95. The minimum absolute atomic E-state index is 0.103. The van der Waals surface area contributed by atoms with E-state index in [1.165, 1.54) is 22.6 Å². The minimum atomic E-state index is -0.350. The number of fused-ring (bicyclic) bond motifs is 1. The minimum Gasteiger partial charge on any atom is -0.336 e. The molecule has 2 amide bonds. The molecule has 0 saturated heterocycles. The Morgan fingerprint density at radius 3 is 2.42 bits per heavy atom. The molecule has 0 fully saturated rings. The number of hydrogen-bond donors (Lipinski definition) is 0. The first kappa shape index (κ1) is 21.1. The van der Waals surface area contributed by atoms with Crippen LogP contribution in [-0.4, -0.2) is 23.3 Å². The van der Waals surface area contributed by atoms with Crippen molar-refractivity contribution in [1.29, 1.82) is 0 Å². The van der Waals surface area contributed by atoms with Crippen molar-refractivity contribution in [1.82, 2.24) is 4.90 Å². The van der Waals surface area contributed by atoms with Crippen LogP contribution in [0.25, 0.3) is 5.57 Å². The molecule has 0 radical (unpaired) electrons. The van der Waals surface area contributed by atoms with Crippen molar-refractivity contribution in [3.8, 4) is 0 Å². The Labute approximate surface area is 193 Å². The first-order chi connectivity index (χ1) is 15.9. The molecule has 0 N–H and O–H groups in total. The Bertz CT molecular complexity index is 1290. The van der Waals surface area contributed by atoms with Crippen molar-refractivity contribution in [2.75, 3.05) is 11.4 Å². The molecular weight excluding hydrogens is 415 g/mol. The summed E-state index contributed by atoms with van der Waals surface area (Å²) in [5, 5.41) is 0. The second kappa shape index (κ2) is 8.32. The predicted octanol–water partition coefficient (Wildman–Crippen LogP) is 5.18. The van der Waals surface area contributed by atoms with E-state index in [-0.39, 0.29) is 24.2 Å². The number of carbonyl (C=O) groups is 2. The fraction of sp³-hybridized carbons (Fsp3) is 0.214. The van der Waals surface area contributed by atoms with Gasteiger partial charge in [0, 0.05) is 12.2 Å². The highest BCUT2D eigenvalue weighted by Gasteiger charge is 2.43. The smallest absolute Gasteiger partial charge is 0.278 e. The average Bonchev–Trinajstić information content (AvgIpc) is 3.05. The number of hydrogen-bond acceptors (Lipinski definition) is 3. The van der Waals surface area contributed by atoms with E-state index in [0.29, 0.717) is 23.4 Å². The first-order valence-corrected chi connectivity index (χ1v) is 11.2. The van der Waals surface area contributed by atoms with Crippen molar-refractivity contribution < 1.29 is 14.0 Å². The molecule has 5 rings (SSSR count). The van der Waals surface area contributed by atoms with Crippen LogP contribution in [0, 0.1) is 19.7 Å². The van der Waals surface area contributed by atoms with Crippen LogP contribution in [0.2, 0.25) is 0 Å². The third kappa shape index (κ3) is 3.74. The van der Waals surface area contributed by atoms with Crippen LogP contribution in [0.4, 0.5) is 10.1 Å². The highest BCUT2D eigenvalue weighted by Crippen LogP contribution is 2.39. The Morgan fingerprint density at radius 1 is 0.909 bits per heavy atom. The van der Waals surface area contributed by atoms with E-state index in [1.54, 1.807) is 12.1 Å². The highest BCUT2D eigenvalue weighted by molar-refractivity contribution is 6.37. The van der Waals surface area contributed by atoms with Crippen LogP contribution < -0.4 is 4.90 Å². The van der Waals surface area contributed by atoms with Crippen LogP contribution in [0.15, 0.2) is 72.4 Å². The molecule has 166 valence electrons. The van der Waals surface area contributed by atoms with Gasteiger partial charge in [-0.05, 0) is 67.1 Å². The highest BCUT2D eigenvalue weighted by atomic mass is 19.1. The zero-order valence-electron chi connectivity index (χ0n) is 18.8. The fourth-order valence-electron chi connectivity index (χ4n) is 4.83. The zero-order valence-corrected chi connectivity index (χ0v) is 18.8. The Morgan fingerprint density at radius 2 is 1.67 bits per heavy atom. The van der Waals surface area contributed by atoms with Gasteiger partial charge in [-0.2, -0.15) is 0 Å². The van der Waals surface area contributed by atoms with Gasteiger partial charge in [0.1, 0.15) is 11.5 Å². The summed E-state index contributed by atoms with van der Waals surface area (Å²) in [5.74, 6) is -0.970. The summed E-state index contributed by atoms with van der Waals surface area (Å²) in [7, 11) is 0. The summed E-state index contributed by atoms with van der Waals surface area (Å²) in [5.41, 5.74) is 6.56. The number of anilines is 1. The second-order valence-electron chi connectivity index (χ2n) is 8.75. The van der Waals surface area contributed by atoms with Crippen molar-refractivity contribution >= 4 is 23.1 Å². The Balaban J connectivity index is 1.64. The fourth-order valence-corrected chi connectivity index (χ4v) is 4.83. The van der Waals surface area contributed by atoms with Crippen LogP contribution in [-0.2, 0) is 22.6 Å². The Hall–Kier alpha value is -3.73. The third-order valence-corrected chi connectivity index (χ3v) is 6.43. The van der Waals surface area contributed by atoms with Crippen molar-refractivity contribution in [3.63, 3.8) is 0 Å². The van der Waals surface area contributed by atoms with Crippen molar-refractivity contribution in [2.24, 2.45) is 0 Å². The summed E-state index contributed by atoms with van der Waals surface area (Å²) < 4.78 is 13.4. The van der Waals surface area contributed by atoms with Gasteiger partial charge in [0.05, 0.1) is 12.1 Å². The number of benzene rings is 3. The van der Waals surface area contributed by atoms with E-state index in [0.717, 1.165) is 35.2 Å². The van der Waals surface area contributed by atoms with E-state index in [2.05, 4.69) is 6.07 Å². The molecule has 0 atom stereocenters. The molecule has 5 heteroatoms. The molecular formula is C28H25FN2O2. The summed E-state index contributed by atoms with van der Waals surface area (Å²) in [6.45, 7) is 4.75. The lowest BCUT2D eigenvalue weighted by molar-refractivity contribution is -0.137. The number of rotatable bonds is 4. The SMILES string of the molecule is Cc1ccc(C2=C(N3CCCc4ccccc43)C(=O)N(Cc3ccc(F)cc3)C2=O)c(C)c1. The van der Waals surface area contributed by atoms with Crippen LogP contribution in [0.1, 0.15) is 34.2 Å². The van der Waals surface area contributed by atoms with Crippen molar-refractivity contribution in [2.45, 2.75) is 33.2 Å². The van der Waals surface area contributed by atoms with Crippen LogP contribution in [0.5, 0.6) is 0 Å². The van der Waals surface area contributed by atoms with Crippen molar-refractivity contribution in [3.05, 3.63) is 106 Å². The molecule has 0 saturated carbocycles. The molecule has 3 aromatic rings. The molecule has 0 aliphatic carbocycles. The number of nitrogens with zero attached hydrogens (tertiary/aromatic N) is 2. The number of carbonyl (C=O) groups excluding carboxylic acids is 2. The van der Waals surface area contributed by atoms with Gasteiger partial charge in [0.2, 0.25) is 0 Å². The maximum Gasteiger partial charge on any atom is 0.278 e. The topological polar surface area (TPSA) is 40.6 Å². The van der Waals surface area contributed by atoms with Gasteiger partial charge in [-0.3, -0.25) is 14.5 Å². The van der Waals surface area contributed by atoms with E-state index in [4.69, 9.17) is 0 Å². The Kier molecular flexibility index (Phi) is 5.33. The number of halogens is 1. The van der Waals surface area contributed by atoms with Gasteiger partial charge >= 0.3 is 0 Å². The number of imide groups is 1. The molecule has 33 heavy (non-hydrogen) atoms. The number of amides is 2. The summed E-state index contributed by atoms with van der Waals surface area (Å²) in [4.78, 5) is 30.8. The lowest BCUT2D eigenvalue weighted by Crippen LogP contribution is -2.36. The quantitative estimate of drug-likeness (QED) is 0.525. The lowest BCUT2D eigenvalue weighted by Gasteiger charge is -2.32. The molecule has 3 aromatic carbocycles. The van der Waals surface area contributed by atoms with Gasteiger partial charge < -0.3 is 4.90 Å².